The quantitative estimate of drug-likeness (QED) is 0.664. The molecule has 8 heteroatoms. The highest BCUT2D eigenvalue weighted by Gasteiger charge is 2.26. The number of phenols is 1. The number of likely N-dealkylation sites (N-methyl/N-ethyl adjacent to an activating group) is 1. The first-order chi connectivity index (χ1) is 13.9. The number of hydrogen-bond acceptors (Lipinski definition) is 7. The summed E-state index contributed by atoms with van der Waals surface area (Å²) < 4.78 is 5.41. The fourth-order valence-corrected chi connectivity index (χ4v) is 4.83. The molecule has 0 atom stereocenters. The van der Waals surface area contributed by atoms with E-state index < -0.39 is 5.63 Å². The van der Waals surface area contributed by atoms with Gasteiger partial charge in [-0.1, -0.05) is 6.92 Å². The molecule has 1 aliphatic heterocycles. The predicted octanol–water partition coefficient (Wildman–Crippen LogP) is 3.02. The van der Waals surface area contributed by atoms with Crippen LogP contribution in [0, 0.1) is 13.8 Å². The Morgan fingerprint density at radius 1 is 1.24 bits per heavy atom. The largest absolute Gasteiger partial charge is 0.508 e. The third-order valence-electron chi connectivity index (χ3n) is 5.46. The first-order valence-electron chi connectivity index (χ1n) is 9.65. The summed E-state index contributed by atoms with van der Waals surface area (Å²) >= 11 is 1.24. The van der Waals surface area contributed by atoms with E-state index >= 15 is 0 Å². The van der Waals surface area contributed by atoms with Crippen LogP contribution in [-0.4, -0.2) is 58.5 Å². The Balaban J connectivity index is 1.71. The zero-order valence-electron chi connectivity index (χ0n) is 16.7. The van der Waals surface area contributed by atoms with E-state index in [0.29, 0.717) is 39.8 Å². The first kappa shape index (κ1) is 19.6. The molecule has 1 fully saturated rings. The molecule has 0 radical (unpaired) electrons. The topological polar surface area (TPSA) is 86.9 Å². The van der Waals surface area contributed by atoms with Crippen molar-refractivity contribution in [2.45, 2.75) is 20.8 Å². The lowest BCUT2D eigenvalue weighted by atomic mass is 10.1. The average Bonchev–Trinajstić information content (AvgIpc) is 3.08. The van der Waals surface area contributed by atoms with E-state index in [2.05, 4.69) is 16.8 Å². The van der Waals surface area contributed by atoms with Crippen molar-refractivity contribution in [2.24, 2.45) is 0 Å². The number of piperazine rings is 1. The minimum Gasteiger partial charge on any atom is -0.508 e. The number of carbonyl (C=O) groups is 1. The van der Waals surface area contributed by atoms with Gasteiger partial charge in [-0.2, -0.15) is 0 Å². The van der Waals surface area contributed by atoms with E-state index in [-0.39, 0.29) is 11.7 Å². The fraction of sp³-hybridized carbons (Fsp3) is 0.381. The van der Waals surface area contributed by atoms with Crippen molar-refractivity contribution in [2.75, 3.05) is 32.7 Å². The molecule has 0 unspecified atom stereocenters. The molecular formula is C21H23N3O4S. The Hall–Kier alpha value is -2.71. The molecule has 0 saturated carbocycles. The Labute approximate surface area is 172 Å². The Morgan fingerprint density at radius 3 is 2.66 bits per heavy atom. The number of rotatable bonds is 3. The lowest BCUT2D eigenvalue weighted by Crippen LogP contribution is -2.48. The van der Waals surface area contributed by atoms with Gasteiger partial charge in [-0.3, -0.25) is 4.79 Å². The van der Waals surface area contributed by atoms with Gasteiger partial charge in [-0.25, -0.2) is 9.78 Å². The van der Waals surface area contributed by atoms with Crippen molar-refractivity contribution in [3.8, 4) is 16.3 Å². The van der Waals surface area contributed by atoms with Gasteiger partial charge in [0.15, 0.2) is 0 Å². The number of amides is 1. The Bertz CT molecular complexity index is 1140. The van der Waals surface area contributed by atoms with Crippen LogP contribution >= 0.6 is 11.3 Å². The molecule has 7 nitrogen and oxygen atoms in total. The molecule has 1 N–H and O–H groups in total. The van der Waals surface area contributed by atoms with Crippen LogP contribution in [0.5, 0.6) is 5.75 Å². The molecule has 1 saturated heterocycles. The van der Waals surface area contributed by atoms with Crippen molar-refractivity contribution in [1.82, 2.24) is 14.8 Å². The van der Waals surface area contributed by atoms with Gasteiger partial charge in [0.25, 0.3) is 5.91 Å². The van der Waals surface area contributed by atoms with Gasteiger partial charge in [0.05, 0.1) is 11.3 Å². The monoisotopic (exact) mass is 413 g/mol. The van der Waals surface area contributed by atoms with Crippen LogP contribution in [0.4, 0.5) is 0 Å². The number of fused-ring (bicyclic) bond motifs is 1. The number of thiazole rings is 1. The highest BCUT2D eigenvalue weighted by molar-refractivity contribution is 7.17. The molecule has 29 heavy (non-hydrogen) atoms. The van der Waals surface area contributed by atoms with E-state index in [4.69, 9.17) is 4.42 Å². The number of carbonyl (C=O) groups excluding carboxylic acids is 1. The normalized spacial score (nSPS) is 15.2. The maximum atomic E-state index is 13.0. The van der Waals surface area contributed by atoms with E-state index in [0.717, 1.165) is 30.6 Å². The highest BCUT2D eigenvalue weighted by atomic mass is 32.1. The molecule has 0 bridgehead atoms. The molecule has 1 amide bonds. The smallest absolute Gasteiger partial charge is 0.346 e. The van der Waals surface area contributed by atoms with Gasteiger partial charge in [0, 0.05) is 37.6 Å². The molecule has 1 aliphatic rings. The highest BCUT2D eigenvalue weighted by Crippen LogP contribution is 2.33. The van der Waals surface area contributed by atoms with Gasteiger partial charge in [-0.15, -0.1) is 11.3 Å². The second-order valence-corrected chi connectivity index (χ2v) is 8.23. The average molecular weight is 413 g/mol. The molecule has 4 rings (SSSR count). The molecule has 0 spiro atoms. The number of benzene rings is 1. The minimum absolute atomic E-state index is 0.0326. The standard InChI is InChI=1S/C21H23N3O4S/c1-4-23-7-9-24(10-8-23)20(26)18-13(3)22-19(29-18)17-12(2)15-6-5-14(25)11-16(15)28-21(17)27/h5-6,11,25H,4,7-10H2,1-3H3. The van der Waals surface area contributed by atoms with Crippen molar-refractivity contribution in [3.63, 3.8) is 0 Å². The number of aromatic hydroxyl groups is 1. The van der Waals surface area contributed by atoms with Crippen molar-refractivity contribution in [1.29, 1.82) is 0 Å². The van der Waals surface area contributed by atoms with Crippen LogP contribution in [0.3, 0.4) is 0 Å². The van der Waals surface area contributed by atoms with Gasteiger partial charge in [-0.05, 0) is 38.1 Å². The van der Waals surface area contributed by atoms with Crippen LogP contribution in [0.25, 0.3) is 21.5 Å². The second-order valence-electron chi connectivity index (χ2n) is 7.23. The van der Waals surface area contributed by atoms with Crippen molar-refractivity contribution in [3.05, 3.63) is 44.8 Å². The number of phenolic OH excluding ortho intramolecular Hbond substituents is 1. The lowest BCUT2D eigenvalue weighted by molar-refractivity contribution is 0.0647. The molecule has 3 aromatic rings. The molecular weight excluding hydrogens is 390 g/mol. The predicted molar refractivity (Wildman–Crippen MR) is 113 cm³/mol. The van der Waals surface area contributed by atoms with Gasteiger partial charge in [0.1, 0.15) is 21.2 Å². The van der Waals surface area contributed by atoms with Crippen LogP contribution in [0.1, 0.15) is 27.9 Å². The molecule has 1 aromatic carbocycles. The summed E-state index contributed by atoms with van der Waals surface area (Å²) in [5.41, 5.74) is 1.52. The zero-order chi connectivity index (χ0) is 20.7. The maximum Gasteiger partial charge on any atom is 0.346 e. The summed E-state index contributed by atoms with van der Waals surface area (Å²) in [6.45, 7) is 9.86. The van der Waals surface area contributed by atoms with E-state index in [9.17, 15) is 14.7 Å². The zero-order valence-corrected chi connectivity index (χ0v) is 17.5. The van der Waals surface area contributed by atoms with Crippen molar-refractivity contribution < 1.29 is 14.3 Å². The summed E-state index contributed by atoms with van der Waals surface area (Å²) in [6.07, 6.45) is 0. The number of nitrogens with zero attached hydrogens (tertiary/aromatic N) is 3. The second kappa shape index (κ2) is 7.61. The summed E-state index contributed by atoms with van der Waals surface area (Å²) in [5, 5.41) is 10.9. The molecule has 152 valence electrons. The maximum absolute atomic E-state index is 13.0. The summed E-state index contributed by atoms with van der Waals surface area (Å²) in [4.78, 5) is 34.9. The summed E-state index contributed by atoms with van der Waals surface area (Å²) in [6, 6.07) is 4.69. The summed E-state index contributed by atoms with van der Waals surface area (Å²) in [7, 11) is 0. The lowest BCUT2D eigenvalue weighted by Gasteiger charge is -2.33. The van der Waals surface area contributed by atoms with E-state index in [1.54, 1.807) is 19.1 Å². The van der Waals surface area contributed by atoms with Gasteiger partial charge < -0.3 is 19.3 Å². The molecule has 3 heterocycles. The van der Waals surface area contributed by atoms with Gasteiger partial charge >= 0.3 is 5.63 Å². The SMILES string of the molecule is CCN1CCN(C(=O)c2sc(-c3c(C)c4ccc(O)cc4oc3=O)nc2C)CC1. The third kappa shape index (κ3) is 3.54. The number of hydrogen-bond donors (Lipinski definition) is 1. The Kier molecular flexibility index (Phi) is 5.14. The first-order valence-corrected chi connectivity index (χ1v) is 10.5. The molecule has 2 aromatic heterocycles. The van der Waals surface area contributed by atoms with E-state index in [1.807, 2.05) is 11.8 Å². The van der Waals surface area contributed by atoms with Crippen LogP contribution < -0.4 is 5.63 Å². The third-order valence-corrected chi connectivity index (χ3v) is 6.63. The Morgan fingerprint density at radius 2 is 1.97 bits per heavy atom. The minimum atomic E-state index is -0.523. The number of aromatic nitrogens is 1. The van der Waals surface area contributed by atoms with Crippen LogP contribution in [0.2, 0.25) is 0 Å². The number of aryl methyl sites for hydroxylation is 2. The van der Waals surface area contributed by atoms with Crippen molar-refractivity contribution >= 4 is 28.2 Å². The van der Waals surface area contributed by atoms with E-state index in [1.165, 1.54) is 17.4 Å². The van der Waals surface area contributed by atoms with Gasteiger partial charge in [0.2, 0.25) is 0 Å². The van der Waals surface area contributed by atoms with Crippen LogP contribution in [0.15, 0.2) is 27.4 Å². The fourth-order valence-electron chi connectivity index (χ4n) is 3.70. The molecule has 0 aliphatic carbocycles. The summed E-state index contributed by atoms with van der Waals surface area (Å²) in [5.74, 6) is 0.00343. The van der Waals surface area contributed by atoms with Crippen LogP contribution in [-0.2, 0) is 0 Å².